The fourth-order valence-electron chi connectivity index (χ4n) is 1.13. The summed E-state index contributed by atoms with van der Waals surface area (Å²) in [5.41, 5.74) is 1.72. The second-order valence-electron chi connectivity index (χ2n) is 3.10. The van der Waals surface area contributed by atoms with Crippen molar-refractivity contribution in [3.63, 3.8) is 0 Å². The van der Waals surface area contributed by atoms with Crippen LogP contribution in [0.1, 0.15) is 24.0 Å². The van der Waals surface area contributed by atoms with E-state index >= 15 is 0 Å². The molecular weight excluding hydrogens is 200 g/mol. The number of rotatable bonds is 2. The molecule has 0 bridgehead atoms. The molecule has 0 aliphatic carbocycles. The monoisotopic (exact) mass is 214 g/mol. The van der Waals surface area contributed by atoms with E-state index in [1.165, 1.54) is 0 Å². The van der Waals surface area contributed by atoms with E-state index in [0.29, 0.717) is 12.8 Å². The number of hydrogen-bond acceptors (Lipinski definition) is 2. The Morgan fingerprint density at radius 2 is 1.25 bits per heavy atom. The summed E-state index contributed by atoms with van der Waals surface area (Å²) in [6, 6.07) is 7.60. The fourth-order valence-corrected chi connectivity index (χ4v) is 1.13. The Balaban J connectivity index is 2.86. The molecule has 2 N–H and O–H groups in total. The Morgan fingerprint density at radius 1 is 0.812 bits per heavy atom. The number of hydrogen-bond donors (Lipinski definition) is 2. The van der Waals surface area contributed by atoms with Crippen LogP contribution in [0.15, 0.2) is 24.3 Å². The van der Waals surface area contributed by atoms with E-state index in [-0.39, 0.29) is 13.2 Å². The second kappa shape index (κ2) is 7.54. The van der Waals surface area contributed by atoms with Gasteiger partial charge in [-0.1, -0.05) is 35.8 Å². The van der Waals surface area contributed by atoms with Gasteiger partial charge in [0.1, 0.15) is 0 Å². The first-order chi connectivity index (χ1) is 7.88. The molecule has 0 saturated heterocycles. The minimum atomic E-state index is 0.0748. The average molecular weight is 214 g/mol. The van der Waals surface area contributed by atoms with Crippen LogP contribution in [0.5, 0.6) is 0 Å². The van der Waals surface area contributed by atoms with Crippen LogP contribution in [0.3, 0.4) is 0 Å². The van der Waals surface area contributed by atoms with Gasteiger partial charge in [0.15, 0.2) is 0 Å². The molecule has 0 radical (unpaired) electrons. The molecule has 82 valence electrons. The topological polar surface area (TPSA) is 40.5 Å². The molecule has 0 aliphatic heterocycles. The largest absolute Gasteiger partial charge is 0.395 e. The maximum Gasteiger partial charge on any atom is 0.0540 e. The molecule has 0 saturated carbocycles. The van der Waals surface area contributed by atoms with Gasteiger partial charge in [0.05, 0.1) is 13.2 Å². The van der Waals surface area contributed by atoms with Gasteiger partial charge in [-0.25, -0.2) is 0 Å². The molecule has 1 aromatic carbocycles. The molecular formula is C14H14O2. The van der Waals surface area contributed by atoms with E-state index in [0.717, 1.165) is 11.1 Å². The lowest BCUT2D eigenvalue weighted by Gasteiger charge is -1.94. The Bertz CT molecular complexity index is 398. The number of aliphatic hydroxyl groups is 2. The molecule has 0 amide bonds. The van der Waals surface area contributed by atoms with Crippen LogP contribution in [0.25, 0.3) is 0 Å². The first kappa shape index (κ1) is 12.3. The van der Waals surface area contributed by atoms with Crippen molar-refractivity contribution >= 4 is 0 Å². The van der Waals surface area contributed by atoms with Crippen molar-refractivity contribution < 1.29 is 10.2 Å². The maximum atomic E-state index is 8.63. The van der Waals surface area contributed by atoms with Gasteiger partial charge >= 0.3 is 0 Å². The predicted octanol–water partition coefficient (Wildman–Crippen LogP) is 1.15. The van der Waals surface area contributed by atoms with Crippen LogP contribution in [0.2, 0.25) is 0 Å². The maximum absolute atomic E-state index is 8.63. The summed E-state index contributed by atoms with van der Waals surface area (Å²) in [5, 5.41) is 17.3. The zero-order valence-electron chi connectivity index (χ0n) is 9.03. The second-order valence-corrected chi connectivity index (χ2v) is 3.10. The van der Waals surface area contributed by atoms with E-state index in [9.17, 15) is 0 Å². The SMILES string of the molecule is OCCC#Cc1ccccc1C#CCCO. The fraction of sp³-hybridized carbons (Fsp3) is 0.286. The minimum absolute atomic E-state index is 0.0748. The van der Waals surface area contributed by atoms with Crippen molar-refractivity contribution in [3.8, 4) is 23.7 Å². The van der Waals surface area contributed by atoms with E-state index in [1.54, 1.807) is 0 Å². The summed E-state index contributed by atoms with van der Waals surface area (Å²) >= 11 is 0. The van der Waals surface area contributed by atoms with Crippen molar-refractivity contribution in [2.75, 3.05) is 13.2 Å². The first-order valence-corrected chi connectivity index (χ1v) is 5.17. The van der Waals surface area contributed by atoms with E-state index in [4.69, 9.17) is 10.2 Å². The molecule has 0 atom stereocenters. The van der Waals surface area contributed by atoms with Crippen LogP contribution in [0, 0.1) is 23.7 Å². The summed E-state index contributed by atoms with van der Waals surface area (Å²) in [6.07, 6.45) is 0.941. The highest BCUT2D eigenvalue weighted by molar-refractivity contribution is 5.49. The lowest BCUT2D eigenvalue weighted by molar-refractivity contribution is 0.304. The van der Waals surface area contributed by atoms with Crippen LogP contribution in [-0.2, 0) is 0 Å². The van der Waals surface area contributed by atoms with Crippen LogP contribution >= 0.6 is 0 Å². The standard InChI is InChI=1S/C14H14O2/c15-11-5-3-9-13-7-1-2-8-14(13)10-4-6-12-16/h1-2,7-8,15-16H,5-6,11-12H2. The van der Waals surface area contributed by atoms with Gasteiger partial charge in [-0.2, -0.15) is 0 Å². The third kappa shape index (κ3) is 4.19. The van der Waals surface area contributed by atoms with Gasteiger partial charge in [-0.05, 0) is 12.1 Å². The zero-order valence-corrected chi connectivity index (χ0v) is 9.03. The zero-order chi connectivity index (χ0) is 11.6. The van der Waals surface area contributed by atoms with Gasteiger partial charge in [0.2, 0.25) is 0 Å². The summed E-state index contributed by atoms with van der Waals surface area (Å²) in [5.74, 6) is 11.7. The molecule has 2 nitrogen and oxygen atoms in total. The predicted molar refractivity (Wildman–Crippen MR) is 63.6 cm³/mol. The summed E-state index contributed by atoms with van der Waals surface area (Å²) in [6.45, 7) is 0.150. The Labute approximate surface area is 95.9 Å². The Hall–Kier alpha value is -1.74. The minimum Gasteiger partial charge on any atom is -0.395 e. The highest BCUT2D eigenvalue weighted by Gasteiger charge is 1.93. The quantitative estimate of drug-likeness (QED) is 0.725. The first-order valence-electron chi connectivity index (χ1n) is 5.17. The van der Waals surface area contributed by atoms with E-state index in [1.807, 2.05) is 24.3 Å². The molecule has 1 aromatic rings. The van der Waals surface area contributed by atoms with Gasteiger partial charge in [0, 0.05) is 24.0 Å². The van der Waals surface area contributed by atoms with Crippen molar-refractivity contribution in [2.24, 2.45) is 0 Å². The molecule has 0 aliphatic rings. The van der Waals surface area contributed by atoms with Crippen LogP contribution in [-0.4, -0.2) is 23.4 Å². The third-order valence-corrected chi connectivity index (χ3v) is 1.85. The lowest BCUT2D eigenvalue weighted by atomic mass is 10.1. The average Bonchev–Trinajstić information content (AvgIpc) is 2.32. The molecule has 0 heterocycles. The molecule has 0 fully saturated rings. The van der Waals surface area contributed by atoms with E-state index in [2.05, 4.69) is 23.7 Å². The third-order valence-electron chi connectivity index (χ3n) is 1.85. The molecule has 2 heteroatoms. The molecule has 0 aromatic heterocycles. The van der Waals surface area contributed by atoms with Gasteiger partial charge in [-0.15, -0.1) is 0 Å². The number of aliphatic hydroxyl groups excluding tert-OH is 2. The van der Waals surface area contributed by atoms with Crippen molar-refractivity contribution in [1.82, 2.24) is 0 Å². The Kier molecular flexibility index (Phi) is 5.81. The van der Waals surface area contributed by atoms with Crippen LogP contribution < -0.4 is 0 Å². The smallest absolute Gasteiger partial charge is 0.0540 e. The summed E-state index contributed by atoms with van der Waals surface area (Å²) < 4.78 is 0. The van der Waals surface area contributed by atoms with Crippen molar-refractivity contribution in [3.05, 3.63) is 35.4 Å². The van der Waals surface area contributed by atoms with Crippen LogP contribution in [0.4, 0.5) is 0 Å². The normalized spacial score (nSPS) is 8.62. The molecule has 0 spiro atoms. The Morgan fingerprint density at radius 3 is 1.62 bits per heavy atom. The molecule has 1 rings (SSSR count). The molecule has 0 unspecified atom stereocenters. The van der Waals surface area contributed by atoms with E-state index < -0.39 is 0 Å². The van der Waals surface area contributed by atoms with Crippen molar-refractivity contribution in [2.45, 2.75) is 12.8 Å². The lowest BCUT2D eigenvalue weighted by Crippen LogP contribution is -1.84. The number of benzene rings is 1. The molecule has 16 heavy (non-hydrogen) atoms. The van der Waals surface area contributed by atoms with Gasteiger partial charge in [0.25, 0.3) is 0 Å². The summed E-state index contributed by atoms with van der Waals surface area (Å²) in [4.78, 5) is 0. The highest BCUT2D eigenvalue weighted by atomic mass is 16.3. The summed E-state index contributed by atoms with van der Waals surface area (Å²) in [7, 11) is 0. The van der Waals surface area contributed by atoms with Gasteiger partial charge < -0.3 is 10.2 Å². The van der Waals surface area contributed by atoms with Crippen molar-refractivity contribution in [1.29, 1.82) is 0 Å². The highest BCUT2D eigenvalue weighted by Crippen LogP contribution is 2.05. The van der Waals surface area contributed by atoms with Gasteiger partial charge in [-0.3, -0.25) is 0 Å².